The summed E-state index contributed by atoms with van der Waals surface area (Å²) in [4.78, 5) is 0. The van der Waals surface area contributed by atoms with Crippen LogP contribution in [-0.4, -0.2) is 17.2 Å². The van der Waals surface area contributed by atoms with Gasteiger partial charge in [0.1, 0.15) is 18.2 Å². The summed E-state index contributed by atoms with van der Waals surface area (Å²) in [6, 6.07) is 9.69. The second-order valence-corrected chi connectivity index (χ2v) is 4.83. The predicted octanol–water partition coefficient (Wildman–Crippen LogP) is 1.70. The van der Waals surface area contributed by atoms with E-state index < -0.39 is 12.9 Å². The minimum Gasteiger partial charge on any atom is -0.489 e. The van der Waals surface area contributed by atoms with E-state index in [9.17, 15) is 14.4 Å². The van der Waals surface area contributed by atoms with E-state index in [0.717, 1.165) is 17.2 Å². The van der Waals surface area contributed by atoms with Crippen molar-refractivity contribution >= 4 is 12.6 Å². The van der Waals surface area contributed by atoms with Crippen LogP contribution in [0.25, 0.3) is 0 Å². The smallest absolute Gasteiger partial charge is 0.488 e. The molecule has 0 aromatic heterocycles. The molecule has 2 N–H and O–H groups in total. The van der Waals surface area contributed by atoms with Gasteiger partial charge in [0.15, 0.2) is 0 Å². The number of rotatable bonds is 4. The van der Waals surface area contributed by atoms with E-state index in [2.05, 4.69) is 0 Å². The fourth-order valence-electron chi connectivity index (χ4n) is 2.11. The van der Waals surface area contributed by atoms with Crippen molar-refractivity contribution in [1.82, 2.24) is 0 Å². The highest BCUT2D eigenvalue weighted by Crippen LogP contribution is 2.17. The van der Waals surface area contributed by atoms with Crippen molar-refractivity contribution in [3.8, 4) is 5.75 Å². The zero-order valence-corrected chi connectivity index (χ0v) is 11.4. The van der Waals surface area contributed by atoms with E-state index in [1.807, 2.05) is 32.0 Å². The summed E-state index contributed by atoms with van der Waals surface area (Å²) >= 11 is 0. The van der Waals surface area contributed by atoms with Gasteiger partial charge in [-0.05, 0) is 60.3 Å². The summed E-state index contributed by atoms with van der Waals surface area (Å²) in [5.41, 5.74) is 2.83. The van der Waals surface area contributed by atoms with E-state index >= 15 is 0 Å². The fraction of sp³-hybridized carbons (Fsp3) is 0.200. The molecule has 0 spiro atoms. The topological polar surface area (TPSA) is 49.7 Å². The molecular formula is C15H16BFO3. The average molecular weight is 274 g/mol. The number of ether oxygens (including phenoxy) is 1. The molecule has 2 rings (SSSR count). The monoisotopic (exact) mass is 274 g/mol. The van der Waals surface area contributed by atoms with E-state index in [1.165, 1.54) is 12.1 Å². The van der Waals surface area contributed by atoms with Crippen LogP contribution >= 0.6 is 0 Å². The molecule has 20 heavy (non-hydrogen) atoms. The molecule has 0 amide bonds. The quantitative estimate of drug-likeness (QED) is 0.834. The number of benzene rings is 2. The Hall–Kier alpha value is -1.85. The molecule has 0 saturated carbocycles. The van der Waals surface area contributed by atoms with Gasteiger partial charge in [0.25, 0.3) is 0 Å². The zero-order valence-electron chi connectivity index (χ0n) is 11.4. The van der Waals surface area contributed by atoms with Crippen LogP contribution in [0.3, 0.4) is 0 Å². The van der Waals surface area contributed by atoms with Crippen molar-refractivity contribution in [2.45, 2.75) is 20.5 Å². The fourth-order valence-corrected chi connectivity index (χ4v) is 2.11. The van der Waals surface area contributed by atoms with Crippen LogP contribution in [-0.2, 0) is 6.61 Å². The predicted molar refractivity (Wildman–Crippen MR) is 76.5 cm³/mol. The summed E-state index contributed by atoms with van der Waals surface area (Å²) in [6.45, 7) is 4.09. The molecule has 0 heterocycles. The van der Waals surface area contributed by atoms with Gasteiger partial charge in [-0.1, -0.05) is 12.1 Å². The molecule has 0 radical (unpaired) electrons. The van der Waals surface area contributed by atoms with Crippen LogP contribution < -0.4 is 10.2 Å². The highest BCUT2D eigenvalue weighted by Gasteiger charge is 2.17. The lowest BCUT2D eigenvalue weighted by Gasteiger charge is -2.12. The molecule has 0 fully saturated rings. The van der Waals surface area contributed by atoms with E-state index in [-0.39, 0.29) is 12.1 Å². The zero-order chi connectivity index (χ0) is 14.7. The Morgan fingerprint density at radius 3 is 2.30 bits per heavy atom. The van der Waals surface area contributed by atoms with Crippen molar-refractivity contribution in [3.63, 3.8) is 0 Å². The van der Waals surface area contributed by atoms with E-state index in [4.69, 9.17) is 4.74 Å². The van der Waals surface area contributed by atoms with Gasteiger partial charge in [-0.15, -0.1) is 0 Å². The largest absolute Gasteiger partial charge is 0.489 e. The molecule has 2 aromatic rings. The van der Waals surface area contributed by atoms with Gasteiger partial charge in [0, 0.05) is 0 Å². The molecule has 5 heteroatoms. The van der Waals surface area contributed by atoms with Crippen molar-refractivity contribution < 1.29 is 19.2 Å². The third-order valence-corrected chi connectivity index (χ3v) is 2.98. The summed E-state index contributed by atoms with van der Waals surface area (Å²) in [5, 5.41) is 18.5. The van der Waals surface area contributed by atoms with Gasteiger partial charge < -0.3 is 14.8 Å². The van der Waals surface area contributed by atoms with Crippen LogP contribution in [0.5, 0.6) is 5.75 Å². The van der Waals surface area contributed by atoms with Gasteiger partial charge in [-0.2, -0.15) is 0 Å². The Balaban J connectivity index is 2.18. The summed E-state index contributed by atoms with van der Waals surface area (Å²) in [5.74, 6) is 0.188. The molecular weight excluding hydrogens is 258 g/mol. The molecule has 0 atom stereocenters. The number of hydrogen-bond acceptors (Lipinski definition) is 3. The highest BCUT2D eigenvalue weighted by molar-refractivity contribution is 6.59. The van der Waals surface area contributed by atoms with E-state index in [0.29, 0.717) is 11.3 Å². The Bertz CT molecular complexity index is 594. The first kappa shape index (κ1) is 14.6. The summed E-state index contributed by atoms with van der Waals surface area (Å²) in [6.07, 6.45) is 0. The third kappa shape index (κ3) is 3.59. The van der Waals surface area contributed by atoms with Crippen molar-refractivity contribution in [2.75, 3.05) is 0 Å². The van der Waals surface area contributed by atoms with E-state index in [1.54, 1.807) is 0 Å². The van der Waals surface area contributed by atoms with Gasteiger partial charge in [-0.25, -0.2) is 4.39 Å². The van der Waals surface area contributed by atoms with Gasteiger partial charge in [0.2, 0.25) is 0 Å². The second-order valence-electron chi connectivity index (χ2n) is 4.83. The molecule has 0 saturated heterocycles. The minimum absolute atomic E-state index is 0.120. The molecule has 3 nitrogen and oxygen atoms in total. The maximum atomic E-state index is 13.1. The molecule has 0 aliphatic carbocycles. The molecule has 0 aliphatic rings. The minimum atomic E-state index is -1.72. The van der Waals surface area contributed by atoms with Crippen LogP contribution in [0.2, 0.25) is 0 Å². The lowest BCUT2D eigenvalue weighted by atomic mass is 9.77. The average Bonchev–Trinajstić information content (AvgIpc) is 2.36. The highest BCUT2D eigenvalue weighted by atomic mass is 19.1. The second kappa shape index (κ2) is 6.07. The molecule has 2 aromatic carbocycles. The normalized spacial score (nSPS) is 10.4. The Labute approximate surface area is 117 Å². The van der Waals surface area contributed by atoms with Gasteiger partial charge >= 0.3 is 7.12 Å². The van der Waals surface area contributed by atoms with Crippen LogP contribution in [0.1, 0.15) is 16.7 Å². The number of halogens is 1. The van der Waals surface area contributed by atoms with Crippen molar-refractivity contribution in [2.24, 2.45) is 0 Å². The Morgan fingerprint density at radius 1 is 1.05 bits per heavy atom. The van der Waals surface area contributed by atoms with Gasteiger partial charge in [0.05, 0.1) is 0 Å². The molecule has 0 aliphatic heterocycles. The Kier molecular flexibility index (Phi) is 4.42. The van der Waals surface area contributed by atoms with Crippen LogP contribution in [0.4, 0.5) is 4.39 Å². The SMILES string of the molecule is Cc1cc(C)cc(OCc2ccc(F)cc2B(O)O)c1. The molecule has 104 valence electrons. The Morgan fingerprint density at radius 2 is 1.70 bits per heavy atom. The molecule has 0 bridgehead atoms. The summed E-state index contributed by atoms with van der Waals surface area (Å²) in [7, 11) is -1.72. The first-order valence-corrected chi connectivity index (χ1v) is 6.31. The maximum absolute atomic E-state index is 13.1. The summed E-state index contributed by atoms with van der Waals surface area (Å²) < 4.78 is 18.8. The van der Waals surface area contributed by atoms with Crippen LogP contribution in [0.15, 0.2) is 36.4 Å². The van der Waals surface area contributed by atoms with Crippen LogP contribution in [0, 0.1) is 19.7 Å². The third-order valence-electron chi connectivity index (χ3n) is 2.98. The molecule has 0 unspecified atom stereocenters. The van der Waals surface area contributed by atoms with Crippen molar-refractivity contribution in [3.05, 3.63) is 58.9 Å². The van der Waals surface area contributed by atoms with Crippen molar-refractivity contribution in [1.29, 1.82) is 0 Å². The first-order chi connectivity index (χ1) is 9.45. The lowest BCUT2D eigenvalue weighted by molar-refractivity contribution is 0.306. The number of aryl methyl sites for hydroxylation is 2. The first-order valence-electron chi connectivity index (χ1n) is 6.31. The number of hydrogen-bond donors (Lipinski definition) is 2. The standard InChI is InChI=1S/C15H16BFO3/c1-10-5-11(2)7-14(6-10)20-9-12-3-4-13(17)8-15(12)16(18)19/h3-8,18-19H,9H2,1-2H3. The maximum Gasteiger partial charge on any atom is 0.488 e. The lowest BCUT2D eigenvalue weighted by Crippen LogP contribution is -2.34. The van der Waals surface area contributed by atoms with Gasteiger partial charge in [-0.3, -0.25) is 0 Å².